The number of thiazole rings is 1. The van der Waals surface area contributed by atoms with Crippen LogP contribution in [-0.4, -0.2) is 24.7 Å². The van der Waals surface area contributed by atoms with Crippen LogP contribution < -0.4 is 15.2 Å². The lowest BCUT2D eigenvalue weighted by Gasteiger charge is -2.18. The van der Waals surface area contributed by atoms with Crippen LogP contribution >= 0.6 is 11.3 Å². The van der Waals surface area contributed by atoms with E-state index in [0.29, 0.717) is 19.8 Å². The van der Waals surface area contributed by atoms with Crippen LogP contribution in [0.3, 0.4) is 0 Å². The number of aryl methyl sites for hydroxylation is 1. The molecule has 2 N–H and O–H groups in total. The second-order valence-corrected chi connectivity index (χ2v) is 5.96. The number of benzene rings is 1. The molecule has 0 saturated carbocycles. The summed E-state index contributed by atoms with van der Waals surface area (Å²) >= 11 is 1.67. The summed E-state index contributed by atoms with van der Waals surface area (Å²) in [5.74, 6) is 1.83. The lowest BCUT2D eigenvalue weighted by atomic mass is 9.99. The molecule has 0 fully saturated rings. The van der Waals surface area contributed by atoms with Gasteiger partial charge in [-0.25, -0.2) is 4.98 Å². The molecule has 1 heterocycles. The van der Waals surface area contributed by atoms with Gasteiger partial charge in [-0.15, -0.1) is 11.3 Å². The molecule has 0 aliphatic heterocycles. The monoisotopic (exact) mass is 320 g/mol. The Morgan fingerprint density at radius 2 is 2.00 bits per heavy atom. The Hall–Kier alpha value is -1.59. The van der Waals surface area contributed by atoms with Crippen LogP contribution in [0.1, 0.15) is 36.0 Å². The van der Waals surface area contributed by atoms with Gasteiger partial charge in [0.1, 0.15) is 0 Å². The SMILES string of the molecule is CCOc1cccc(CC(CN)c2nc(C)cs2)c1OCC. The number of para-hydroxylation sites is 1. The zero-order chi connectivity index (χ0) is 15.9. The molecule has 0 bridgehead atoms. The van der Waals surface area contributed by atoms with E-state index in [1.54, 1.807) is 11.3 Å². The van der Waals surface area contributed by atoms with Crippen molar-refractivity contribution < 1.29 is 9.47 Å². The number of rotatable bonds is 8. The van der Waals surface area contributed by atoms with Gasteiger partial charge >= 0.3 is 0 Å². The first-order valence-electron chi connectivity index (χ1n) is 7.69. The Labute approximate surface area is 136 Å². The van der Waals surface area contributed by atoms with Crippen LogP contribution in [0.5, 0.6) is 11.5 Å². The van der Waals surface area contributed by atoms with Gasteiger partial charge in [0.2, 0.25) is 0 Å². The Balaban J connectivity index is 2.28. The molecule has 2 rings (SSSR count). The van der Waals surface area contributed by atoms with Crippen LogP contribution in [-0.2, 0) is 6.42 Å². The van der Waals surface area contributed by atoms with Crippen molar-refractivity contribution in [1.82, 2.24) is 4.98 Å². The largest absolute Gasteiger partial charge is 0.490 e. The topological polar surface area (TPSA) is 57.4 Å². The number of aromatic nitrogens is 1. The van der Waals surface area contributed by atoms with Gasteiger partial charge in [0, 0.05) is 23.5 Å². The van der Waals surface area contributed by atoms with Gasteiger partial charge in [-0.1, -0.05) is 12.1 Å². The van der Waals surface area contributed by atoms with Crippen molar-refractivity contribution in [3.8, 4) is 11.5 Å². The molecular formula is C17H24N2O2S. The van der Waals surface area contributed by atoms with Crippen LogP contribution in [0.15, 0.2) is 23.6 Å². The normalized spacial score (nSPS) is 12.2. The smallest absolute Gasteiger partial charge is 0.164 e. The van der Waals surface area contributed by atoms with Gasteiger partial charge < -0.3 is 15.2 Å². The van der Waals surface area contributed by atoms with E-state index in [-0.39, 0.29) is 5.92 Å². The maximum absolute atomic E-state index is 5.98. The van der Waals surface area contributed by atoms with Crippen molar-refractivity contribution >= 4 is 11.3 Å². The third-order valence-electron chi connectivity index (χ3n) is 3.39. The number of hydrogen-bond donors (Lipinski definition) is 1. The van der Waals surface area contributed by atoms with Gasteiger partial charge in [-0.2, -0.15) is 0 Å². The highest BCUT2D eigenvalue weighted by Gasteiger charge is 2.18. The molecule has 4 nitrogen and oxygen atoms in total. The maximum Gasteiger partial charge on any atom is 0.164 e. The van der Waals surface area contributed by atoms with Gasteiger partial charge in [-0.3, -0.25) is 0 Å². The van der Waals surface area contributed by atoms with Gasteiger partial charge in [0.05, 0.1) is 18.2 Å². The Morgan fingerprint density at radius 1 is 1.23 bits per heavy atom. The van der Waals surface area contributed by atoms with E-state index in [0.717, 1.165) is 34.2 Å². The van der Waals surface area contributed by atoms with E-state index in [2.05, 4.69) is 16.4 Å². The number of hydrogen-bond acceptors (Lipinski definition) is 5. The fourth-order valence-electron chi connectivity index (χ4n) is 2.40. The summed E-state index contributed by atoms with van der Waals surface area (Å²) < 4.78 is 11.5. The first-order valence-corrected chi connectivity index (χ1v) is 8.57. The fourth-order valence-corrected chi connectivity index (χ4v) is 3.31. The molecule has 2 aromatic rings. The van der Waals surface area contributed by atoms with Gasteiger partial charge in [0.25, 0.3) is 0 Å². The molecule has 0 radical (unpaired) electrons. The zero-order valence-corrected chi connectivity index (χ0v) is 14.3. The molecule has 0 amide bonds. The lowest BCUT2D eigenvalue weighted by Crippen LogP contribution is -2.15. The van der Waals surface area contributed by atoms with E-state index in [4.69, 9.17) is 15.2 Å². The van der Waals surface area contributed by atoms with Crippen molar-refractivity contribution in [3.63, 3.8) is 0 Å². The summed E-state index contributed by atoms with van der Waals surface area (Å²) in [4.78, 5) is 4.58. The highest BCUT2D eigenvalue weighted by atomic mass is 32.1. The van der Waals surface area contributed by atoms with E-state index >= 15 is 0 Å². The predicted octanol–water partition coefficient (Wildman–Crippen LogP) is 3.53. The summed E-state index contributed by atoms with van der Waals surface area (Å²) in [6.07, 6.45) is 0.805. The predicted molar refractivity (Wildman–Crippen MR) is 91.1 cm³/mol. The quantitative estimate of drug-likeness (QED) is 0.808. The fraction of sp³-hybridized carbons (Fsp3) is 0.471. The molecular weight excluding hydrogens is 296 g/mol. The van der Waals surface area contributed by atoms with Crippen LogP contribution in [0, 0.1) is 6.92 Å². The first-order chi connectivity index (χ1) is 10.7. The lowest BCUT2D eigenvalue weighted by molar-refractivity contribution is 0.285. The Kier molecular flexibility index (Phi) is 6.21. The van der Waals surface area contributed by atoms with E-state index in [9.17, 15) is 0 Å². The molecule has 1 unspecified atom stereocenters. The Bertz CT molecular complexity index is 598. The Morgan fingerprint density at radius 3 is 2.59 bits per heavy atom. The molecule has 1 atom stereocenters. The second-order valence-electron chi connectivity index (χ2n) is 5.07. The van der Waals surface area contributed by atoms with Crippen molar-refractivity contribution in [2.75, 3.05) is 19.8 Å². The standard InChI is InChI=1S/C17H24N2O2S/c1-4-20-15-8-6-7-13(16(15)21-5-2)9-14(10-18)17-19-12(3)11-22-17/h6-8,11,14H,4-5,9-10,18H2,1-3H3. The third-order valence-corrected chi connectivity index (χ3v) is 4.51. The van der Waals surface area contributed by atoms with Crippen molar-refractivity contribution in [2.24, 2.45) is 5.73 Å². The molecule has 0 saturated heterocycles. The summed E-state index contributed by atoms with van der Waals surface area (Å²) in [5, 5.41) is 3.15. The van der Waals surface area contributed by atoms with Crippen molar-refractivity contribution in [2.45, 2.75) is 33.1 Å². The second kappa shape index (κ2) is 8.15. The molecule has 120 valence electrons. The average Bonchev–Trinajstić information content (AvgIpc) is 2.94. The highest BCUT2D eigenvalue weighted by Crippen LogP contribution is 2.35. The number of nitrogens with zero attached hydrogens (tertiary/aromatic N) is 1. The van der Waals surface area contributed by atoms with E-state index in [1.165, 1.54) is 0 Å². The van der Waals surface area contributed by atoms with Crippen LogP contribution in [0.25, 0.3) is 0 Å². The highest BCUT2D eigenvalue weighted by molar-refractivity contribution is 7.09. The van der Waals surface area contributed by atoms with Crippen molar-refractivity contribution in [3.05, 3.63) is 39.8 Å². The minimum absolute atomic E-state index is 0.204. The van der Waals surface area contributed by atoms with Crippen molar-refractivity contribution in [1.29, 1.82) is 0 Å². The molecule has 1 aromatic heterocycles. The minimum Gasteiger partial charge on any atom is -0.490 e. The van der Waals surface area contributed by atoms with E-state index < -0.39 is 0 Å². The van der Waals surface area contributed by atoms with E-state index in [1.807, 2.05) is 32.9 Å². The summed E-state index contributed by atoms with van der Waals surface area (Å²) in [6.45, 7) is 7.77. The maximum atomic E-state index is 5.98. The first kappa shape index (κ1) is 16.8. The third kappa shape index (κ3) is 3.99. The van der Waals surface area contributed by atoms with Gasteiger partial charge in [0.15, 0.2) is 11.5 Å². The molecule has 5 heteroatoms. The summed E-state index contributed by atoms with van der Waals surface area (Å²) in [5.41, 5.74) is 8.15. The van der Waals surface area contributed by atoms with Crippen LogP contribution in [0.2, 0.25) is 0 Å². The number of nitrogens with two attached hydrogens (primary N) is 1. The molecule has 0 aliphatic carbocycles. The molecule has 1 aromatic carbocycles. The van der Waals surface area contributed by atoms with Gasteiger partial charge in [-0.05, 0) is 38.8 Å². The zero-order valence-electron chi connectivity index (χ0n) is 13.5. The number of ether oxygens (including phenoxy) is 2. The minimum atomic E-state index is 0.204. The molecule has 0 spiro atoms. The molecule has 22 heavy (non-hydrogen) atoms. The average molecular weight is 320 g/mol. The summed E-state index contributed by atoms with van der Waals surface area (Å²) in [6, 6.07) is 6.03. The molecule has 0 aliphatic rings. The van der Waals surface area contributed by atoms with Crippen LogP contribution in [0.4, 0.5) is 0 Å². The summed E-state index contributed by atoms with van der Waals surface area (Å²) in [7, 11) is 0.